The van der Waals surface area contributed by atoms with Crippen molar-refractivity contribution in [3.05, 3.63) is 36.2 Å². The van der Waals surface area contributed by atoms with Crippen molar-refractivity contribution in [1.82, 2.24) is 15.0 Å². The Morgan fingerprint density at radius 2 is 2.00 bits per heavy atom. The van der Waals surface area contributed by atoms with Crippen LogP contribution in [-0.4, -0.2) is 55.1 Å². The van der Waals surface area contributed by atoms with E-state index in [1.165, 1.54) is 6.26 Å². The van der Waals surface area contributed by atoms with Crippen LogP contribution in [0.25, 0.3) is 11.5 Å². The van der Waals surface area contributed by atoms with E-state index in [0.29, 0.717) is 49.9 Å². The molecule has 146 valence electrons. The van der Waals surface area contributed by atoms with Crippen LogP contribution in [0.3, 0.4) is 0 Å². The third-order valence-electron chi connectivity index (χ3n) is 4.80. The number of rotatable bonds is 7. The molecule has 3 rings (SSSR count). The van der Waals surface area contributed by atoms with Gasteiger partial charge in [0, 0.05) is 49.4 Å². The van der Waals surface area contributed by atoms with Gasteiger partial charge < -0.3 is 10.1 Å². The predicted octanol–water partition coefficient (Wildman–Crippen LogP) is 2.35. The first-order chi connectivity index (χ1) is 12.9. The Hall–Kier alpha value is -2.06. The van der Waals surface area contributed by atoms with Gasteiger partial charge in [-0.3, -0.25) is 4.98 Å². The molecule has 0 bridgehead atoms. The van der Waals surface area contributed by atoms with Crippen molar-refractivity contribution in [3.8, 4) is 11.5 Å². The first kappa shape index (κ1) is 19.7. The summed E-state index contributed by atoms with van der Waals surface area (Å²) in [7, 11) is -3.09. The van der Waals surface area contributed by atoms with E-state index in [1.807, 2.05) is 31.2 Å². The van der Waals surface area contributed by atoms with E-state index in [-0.39, 0.29) is 11.2 Å². The molecule has 1 saturated heterocycles. The van der Waals surface area contributed by atoms with Crippen molar-refractivity contribution >= 4 is 15.7 Å². The molecule has 1 fully saturated rings. The lowest BCUT2D eigenvalue weighted by molar-refractivity contribution is 0.0315. The Morgan fingerprint density at radius 3 is 2.63 bits per heavy atom. The molecule has 0 spiro atoms. The molecule has 0 aromatic carbocycles. The average molecular weight is 391 g/mol. The van der Waals surface area contributed by atoms with Crippen LogP contribution in [0.4, 0.5) is 5.82 Å². The van der Waals surface area contributed by atoms with E-state index in [2.05, 4.69) is 20.3 Å². The molecule has 2 aromatic heterocycles. The topological polar surface area (TPSA) is 94.1 Å². The summed E-state index contributed by atoms with van der Waals surface area (Å²) < 4.78 is 29.4. The lowest BCUT2D eigenvalue weighted by Gasteiger charge is -2.36. The SMILES string of the molecule is CCc1cc(NCC2(CS(C)(=O)=O)CCOCC2)nc(-c2ccccn2)n1. The van der Waals surface area contributed by atoms with Crippen molar-refractivity contribution in [2.45, 2.75) is 26.2 Å². The fourth-order valence-electron chi connectivity index (χ4n) is 3.39. The summed E-state index contributed by atoms with van der Waals surface area (Å²) in [6.45, 7) is 3.74. The zero-order valence-corrected chi connectivity index (χ0v) is 16.6. The first-order valence-electron chi connectivity index (χ1n) is 9.18. The van der Waals surface area contributed by atoms with E-state index in [4.69, 9.17) is 4.74 Å². The van der Waals surface area contributed by atoms with E-state index >= 15 is 0 Å². The highest BCUT2D eigenvalue weighted by atomic mass is 32.2. The summed E-state index contributed by atoms with van der Waals surface area (Å²) in [4.78, 5) is 13.5. The van der Waals surface area contributed by atoms with Gasteiger partial charge in [-0.2, -0.15) is 0 Å². The minimum atomic E-state index is -3.09. The van der Waals surface area contributed by atoms with Crippen molar-refractivity contribution in [2.24, 2.45) is 5.41 Å². The highest BCUT2D eigenvalue weighted by molar-refractivity contribution is 7.90. The smallest absolute Gasteiger partial charge is 0.180 e. The molecule has 1 aliphatic heterocycles. The Bertz CT molecular complexity index is 866. The largest absolute Gasteiger partial charge is 0.381 e. The molecule has 0 atom stereocenters. The molecule has 0 unspecified atom stereocenters. The number of sulfone groups is 1. The van der Waals surface area contributed by atoms with Gasteiger partial charge in [-0.25, -0.2) is 18.4 Å². The van der Waals surface area contributed by atoms with Gasteiger partial charge in [-0.05, 0) is 31.4 Å². The number of aryl methyl sites for hydroxylation is 1. The lowest BCUT2D eigenvalue weighted by atomic mass is 9.82. The van der Waals surface area contributed by atoms with Crippen LogP contribution in [0.15, 0.2) is 30.5 Å². The molecule has 0 amide bonds. The predicted molar refractivity (Wildman–Crippen MR) is 105 cm³/mol. The molecular weight excluding hydrogens is 364 g/mol. The molecular formula is C19H26N4O3S. The number of anilines is 1. The Labute approximate surface area is 160 Å². The minimum absolute atomic E-state index is 0.148. The van der Waals surface area contributed by atoms with Crippen molar-refractivity contribution < 1.29 is 13.2 Å². The minimum Gasteiger partial charge on any atom is -0.381 e. The van der Waals surface area contributed by atoms with Crippen LogP contribution in [0.5, 0.6) is 0 Å². The lowest BCUT2D eigenvalue weighted by Crippen LogP contribution is -2.41. The maximum absolute atomic E-state index is 12.0. The molecule has 27 heavy (non-hydrogen) atoms. The molecule has 0 saturated carbocycles. The van der Waals surface area contributed by atoms with Crippen LogP contribution in [-0.2, 0) is 21.0 Å². The second-order valence-electron chi connectivity index (χ2n) is 7.17. The third-order valence-corrected chi connectivity index (χ3v) is 5.94. The van der Waals surface area contributed by atoms with Crippen LogP contribution < -0.4 is 5.32 Å². The van der Waals surface area contributed by atoms with Gasteiger partial charge in [-0.15, -0.1) is 0 Å². The highest BCUT2D eigenvalue weighted by Gasteiger charge is 2.36. The van der Waals surface area contributed by atoms with Gasteiger partial charge in [-0.1, -0.05) is 13.0 Å². The van der Waals surface area contributed by atoms with Gasteiger partial charge in [0.1, 0.15) is 21.3 Å². The van der Waals surface area contributed by atoms with Crippen molar-refractivity contribution in [1.29, 1.82) is 0 Å². The average Bonchev–Trinajstić information content (AvgIpc) is 2.66. The van der Waals surface area contributed by atoms with Gasteiger partial charge in [0.2, 0.25) is 0 Å². The second kappa shape index (κ2) is 8.31. The molecule has 1 aliphatic rings. The van der Waals surface area contributed by atoms with Crippen LogP contribution in [0, 0.1) is 5.41 Å². The van der Waals surface area contributed by atoms with Crippen molar-refractivity contribution in [2.75, 3.05) is 37.1 Å². The van der Waals surface area contributed by atoms with E-state index in [1.54, 1.807) is 6.20 Å². The zero-order chi connectivity index (χ0) is 19.3. The Balaban J connectivity index is 1.83. The summed E-state index contributed by atoms with van der Waals surface area (Å²) in [5, 5.41) is 3.36. The Kier molecular flexibility index (Phi) is 6.06. The van der Waals surface area contributed by atoms with Crippen LogP contribution in [0.1, 0.15) is 25.5 Å². The normalized spacial score (nSPS) is 16.8. The monoisotopic (exact) mass is 390 g/mol. The van der Waals surface area contributed by atoms with Crippen molar-refractivity contribution in [3.63, 3.8) is 0 Å². The first-order valence-corrected chi connectivity index (χ1v) is 11.2. The van der Waals surface area contributed by atoms with Gasteiger partial charge >= 0.3 is 0 Å². The maximum Gasteiger partial charge on any atom is 0.180 e. The zero-order valence-electron chi connectivity index (χ0n) is 15.8. The summed E-state index contributed by atoms with van der Waals surface area (Å²) >= 11 is 0. The summed E-state index contributed by atoms with van der Waals surface area (Å²) in [5.41, 5.74) is 1.29. The van der Waals surface area contributed by atoms with Gasteiger partial charge in [0.05, 0.1) is 5.75 Å². The summed E-state index contributed by atoms with van der Waals surface area (Å²) in [6, 6.07) is 7.55. The standard InChI is InChI=1S/C19H26N4O3S/c1-3-15-12-17(23-18(22-15)16-6-4-5-9-20-16)21-13-19(14-27(2,24)25)7-10-26-11-8-19/h4-6,9,12H,3,7-8,10-11,13-14H2,1-2H3,(H,21,22,23). The second-order valence-corrected chi connectivity index (χ2v) is 9.31. The quantitative estimate of drug-likeness (QED) is 0.775. The highest BCUT2D eigenvalue weighted by Crippen LogP contribution is 2.32. The molecule has 1 N–H and O–H groups in total. The number of hydrogen-bond acceptors (Lipinski definition) is 7. The van der Waals surface area contributed by atoms with Crippen LogP contribution in [0.2, 0.25) is 0 Å². The molecule has 0 aliphatic carbocycles. The van der Waals surface area contributed by atoms with Gasteiger partial charge in [0.25, 0.3) is 0 Å². The summed E-state index contributed by atoms with van der Waals surface area (Å²) in [6.07, 6.45) is 5.22. The number of aromatic nitrogens is 3. The number of nitrogens with zero attached hydrogens (tertiary/aromatic N) is 3. The van der Waals surface area contributed by atoms with E-state index in [0.717, 1.165) is 12.1 Å². The van der Waals surface area contributed by atoms with E-state index in [9.17, 15) is 8.42 Å². The third kappa shape index (κ3) is 5.46. The number of ether oxygens (including phenoxy) is 1. The number of nitrogens with one attached hydrogen (secondary N) is 1. The Morgan fingerprint density at radius 1 is 1.22 bits per heavy atom. The molecule has 2 aromatic rings. The molecule has 3 heterocycles. The summed E-state index contributed by atoms with van der Waals surface area (Å²) in [5.74, 6) is 1.42. The fraction of sp³-hybridized carbons (Fsp3) is 0.526. The fourth-order valence-corrected chi connectivity index (χ4v) is 4.89. The van der Waals surface area contributed by atoms with Gasteiger partial charge in [0.15, 0.2) is 5.82 Å². The van der Waals surface area contributed by atoms with Crippen LogP contribution >= 0.6 is 0 Å². The number of hydrogen-bond donors (Lipinski definition) is 1. The molecule has 7 nitrogen and oxygen atoms in total. The molecule has 8 heteroatoms. The molecule has 0 radical (unpaired) electrons. The number of pyridine rings is 1. The maximum atomic E-state index is 12.0. The van der Waals surface area contributed by atoms with E-state index < -0.39 is 9.84 Å².